The Morgan fingerprint density at radius 2 is 1.89 bits per heavy atom. The van der Waals surface area contributed by atoms with Gasteiger partial charge in [-0.15, -0.1) is 0 Å². The Morgan fingerprint density at radius 3 is 2.56 bits per heavy atom. The van der Waals surface area contributed by atoms with E-state index in [0.29, 0.717) is 18.7 Å². The highest BCUT2D eigenvalue weighted by Crippen LogP contribution is 2.11. The lowest BCUT2D eigenvalue weighted by Gasteiger charge is -2.27. The molecule has 1 saturated heterocycles. The molecule has 18 heavy (non-hydrogen) atoms. The molecule has 0 saturated carbocycles. The summed E-state index contributed by atoms with van der Waals surface area (Å²) in [4.78, 5) is 24.9. The first-order valence-corrected chi connectivity index (χ1v) is 5.98. The maximum absolute atomic E-state index is 12.0. The van der Waals surface area contributed by atoms with Crippen LogP contribution in [0.1, 0.15) is 15.9 Å². The predicted octanol–water partition coefficient (Wildman–Crippen LogP) is 0.359. The summed E-state index contributed by atoms with van der Waals surface area (Å²) >= 11 is 0. The Labute approximate surface area is 105 Å². The van der Waals surface area contributed by atoms with Crippen LogP contribution in [0.2, 0.25) is 0 Å². The molecule has 0 atom stereocenters. The van der Waals surface area contributed by atoms with Gasteiger partial charge >= 0.3 is 5.97 Å². The van der Waals surface area contributed by atoms with Gasteiger partial charge in [-0.1, -0.05) is 18.2 Å². The Kier molecular flexibility index (Phi) is 3.94. The summed E-state index contributed by atoms with van der Waals surface area (Å²) in [7, 11) is 0. The highest BCUT2D eigenvalue weighted by molar-refractivity contribution is 5.91. The third kappa shape index (κ3) is 2.87. The fourth-order valence-electron chi connectivity index (χ4n) is 2.07. The predicted molar refractivity (Wildman–Crippen MR) is 66.6 cm³/mol. The van der Waals surface area contributed by atoms with E-state index in [4.69, 9.17) is 5.11 Å². The molecular weight excluding hydrogens is 232 g/mol. The standard InChI is InChI=1S/C13H16N2O3/c16-12(15-7-5-14-6-8-15)9-10-3-1-2-4-11(10)13(17)18/h1-4,14H,5-9H2,(H,17,18). The normalized spacial score (nSPS) is 15.4. The minimum atomic E-state index is -0.987. The van der Waals surface area contributed by atoms with Gasteiger partial charge in [0.15, 0.2) is 0 Å². The van der Waals surface area contributed by atoms with E-state index in [1.165, 1.54) is 6.07 Å². The van der Waals surface area contributed by atoms with Crippen LogP contribution in [0.5, 0.6) is 0 Å². The second-order valence-electron chi connectivity index (χ2n) is 4.27. The number of carboxylic acid groups (broad SMARTS) is 1. The van der Waals surface area contributed by atoms with Gasteiger partial charge in [0, 0.05) is 26.2 Å². The quantitative estimate of drug-likeness (QED) is 0.810. The summed E-state index contributed by atoms with van der Waals surface area (Å²) in [5.41, 5.74) is 0.787. The highest BCUT2D eigenvalue weighted by Gasteiger charge is 2.18. The lowest BCUT2D eigenvalue weighted by molar-refractivity contribution is -0.131. The van der Waals surface area contributed by atoms with E-state index in [1.807, 2.05) is 0 Å². The summed E-state index contributed by atoms with van der Waals surface area (Å²) in [5.74, 6) is -0.996. The number of carbonyl (C=O) groups excluding carboxylic acids is 1. The number of rotatable bonds is 3. The van der Waals surface area contributed by atoms with Crippen LogP contribution >= 0.6 is 0 Å². The molecule has 96 valence electrons. The number of hydrogen-bond acceptors (Lipinski definition) is 3. The molecule has 0 aromatic heterocycles. The van der Waals surface area contributed by atoms with Crippen molar-refractivity contribution in [2.24, 2.45) is 0 Å². The topological polar surface area (TPSA) is 69.6 Å². The number of benzene rings is 1. The molecule has 2 N–H and O–H groups in total. The minimum absolute atomic E-state index is 0.00907. The van der Waals surface area contributed by atoms with Gasteiger partial charge in [-0.3, -0.25) is 4.79 Å². The SMILES string of the molecule is O=C(O)c1ccccc1CC(=O)N1CCNCC1. The first kappa shape index (κ1) is 12.6. The summed E-state index contributed by atoms with van der Waals surface area (Å²) in [6, 6.07) is 6.65. The Hall–Kier alpha value is -1.88. The van der Waals surface area contributed by atoms with Crippen LogP contribution in [0.4, 0.5) is 0 Å². The van der Waals surface area contributed by atoms with E-state index in [-0.39, 0.29) is 17.9 Å². The van der Waals surface area contributed by atoms with Gasteiger partial charge in [0.05, 0.1) is 12.0 Å². The number of hydrogen-bond donors (Lipinski definition) is 2. The van der Waals surface area contributed by atoms with Crippen LogP contribution in [0.25, 0.3) is 0 Å². The monoisotopic (exact) mass is 248 g/mol. The van der Waals surface area contributed by atoms with Gasteiger partial charge in [0.2, 0.25) is 5.91 Å². The van der Waals surface area contributed by atoms with Gasteiger partial charge < -0.3 is 15.3 Å². The number of nitrogens with one attached hydrogen (secondary N) is 1. The molecule has 1 aromatic carbocycles. The number of nitrogens with zero attached hydrogens (tertiary/aromatic N) is 1. The Bertz CT molecular complexity index is 453. The summed E-state index contributed by atoms with van der Waals surface area (Å²) in [6.07, 6.45) is 0.155. The number of piperazine rings is 1. The third-order valence-electron chi connectivity index (χ3n) is 3.06. The van der Waals surface area contributed by atoms with E-state index >= 15 is 0 Å². The molecule has 5 heteroatoms. The molecule has 1 aliphatic heterocycles. The minimum Gasteiger partial charge on any atom is -0.478 e. The molecule has 1 aliphatic rings. The first-order chi connectivity index (χ1) is 8.68. The third-order valence-corrected chi connectivity index (χ3v) is 3.06. The zero-order valence-corrected chi connectivity index (χ0v) is 10.1. The van der Waals surface area contributed by atoms with E-state index in [0.717, 1.165) is 13.1 Å². The van der Waals surface area contributed by atoms with Crippen molar-refractivity contribution in [1.29, 1.82) is 0 Å². The molecule has 1 heterocycles. The maximum atomic E-state index is 12.0. The highest BCUT2D eigenvalue weighted by atomic mass is 16.4. The van der Waals surface area contributed by atoms with E-state index in [1.54, 1.807) is 23.1 Å². The summed E-state index contributed by atoms with van der Waals surface area (Å²) in [6.45, 7) is 2.97. The van der Waals surface area contributed by atoms with Crippen molar-refractivity contribution >= 4 is 11.9 Å². The van der Waals surface area contributed by atoms with Crippen molar-refractivity contribution in [3.05, 3.63) is 35.4 Å². The molecule has 1 amide bonds. The van der Waals surface area contributed by atoms with Crippen LogP contribution in [-0.2, 0) is 11.2 Å². The van der Waals surface area contributed by atoms with Crippen LogP contribution in [0.3, 0.4) is 0 Å². The fourth-order valence-corrected chi connectivity index (χ4v) is 2.07. The number of amides is 1. The number of aromatic carboxylic acids is 1. The molecular formula is C13H16N2O3. The zero-order valence-electron chi connectivity index (χ0n) is 10.1. The van der Waals surface area contributed by atoms with Crippen molar-refractivity contribution in [1.82, 2.24) is 10.2 Å². The van der Waals surface area contributed by atoms with Crippen LogP contribution in [-0.4, -0.2) is 48.1 Å². The maximum Gasteiger partial charge on any atom is 0.335 e. The van der Waals surface area contributed by atoms with E-state index in [2.05, 4.69) is 5.32 Å². The second kappa shape index (κ2) is 5.64. The Morgan fingerprint density at radius 1 is 1.22 bits per heavy atom. The number of carbonyl (C=O) groups is 2. The van der Waals surface area contributed by atoms with Crippen molar-refractivity contribution in [2.75, 3.05) is 26.2 Å². The lowest BCUT2D eigenvalue weighted by atomic mass is 10.0. The van der Waals surface area contributed by atoms with Crippen molar-refractivity contribution in [2.45, 2.75) is 6.42 Å². The van der Waals surface area contributed by atoms with Crippen LogP contribution in [0.15, 0.2) is 24.3 Å². The molecule has 5 nitrogen and oxygen atoms in total. The molecule has 0 radical (unpaired) electrons. The second-order valence-corrected chi connectivity index (χ2v) is 4.27. The average molecular weight is 248 g/mol. The molecule has 1 fully saturated rings. The molecule has 0 aliphatic carbocycles. The van der Waals surface area contributed by atoms with E-state index < -0.39 is 5.97 Å². The molecule has 0 unspecified atom stereocenters. The molecule has 2 rings (SSSR count). The van der Waals surface area contributed by atoms with Gasteiger partial charge in [0.1, 0.15) is 0 Å². The average Bonchev–Trinajstić information content (AvgIpc) is 2.40. The van der Waals surface area contributed by atoms with Crippen molar-refractivity contribution < 1.29 is 14.7 Å². The molecule has 0 spiro atoms. The van der Waals surface area contributed by atoms with Gasteiger partial charge in [0.25, 0.3) is 0 Å². The smallest absolute Gasteiger partial charge is 0.335 e. The van der Waals surface area contributed by atoms with Crippen LogP contribution < -0.4 is 5.32 Å². The summed E-state index contributed by atoms with van der Waals surface area (Å²) in [5, 5.41) is 12.2. The van der Waals surface area contributed by atoms with Gasteiger partial charge in [-0.05, 0) is 11.6 Å². The van der Waals surface area contributed by atoms with Crippen LogP contribution in [0, 0.1) is 0 Å². The lowest BCUT2D eigenvalue weighted by Crippen LogP contribution is -2.47. The first-order valence-electron chi connectivity index (χ1n) is 5.98. The van der Waals surface area contributed by atoms with Gasteiger partial charge in [-0.2, -0.15) is 0 Å². The number of carboxylic acids is 1. The fraction of sp³-hybridized carbons (Fsp3) is 0.385. The largest absolute Gasteiger partial charge is 0.478 e. The van der Waals surface area contributed by atoms with Gasteiger partial charge in [-0.25, -0.2) is 4.79 Å². The summed E-state index contributed by atoms with van der Waals surface area (Å²) < 4.78 is 0. The van der Waals surface area contributed by atoms with E-state index in [9.17, 15) is 9.59 Å². The molecule has 1 aromatic rings. The van der Waals surface area contributed by atoms with Crippen molar-refractivity contribution in [3.63, 3.8) is 0 Å². The molecule has 0 bridgehead atoms. The Balaban J connectivity index is 2.08. The van der Waals surface area contributed by atoms with Crippen molar-refractivity contribution in [3.8, 4) is 0 Å². The zero-order chi connectivity index (χ0) is 13.0.